The molecule has 0 N–H and O–H groups in total. The van der Waals surface area contributed by atoms with Gasteiger partial charge in [-0.3, -0.25) is 19.3 Å². The molecule has 1 saturated heterocycles. The van der Waals surface area contributed by atoms with Crippen LogP contribution in [0.5, 0.6) is 5.75 Å². The van der Waals surface area contributed by atoms with Gasteiger partial charge in [-0.2, -0.15) is 0 Å². The zero-order valence-electron chi connectivity index (χ0n) is 12.7. The molecule has 116 valence electrons. The predicted molar refractivity (Wildman–Crippen MR) is 80.2 cm³/mol. The number of fused-ring (bicyclic) bond motifs is 1. The van der Waals surface area contributed by atoms with Gasteiger partial charge in [0.25, 0.3) is 0 Å². The van der Waals surface area contributed by atoms with Crippen molar-refractivity contribution in [2.75, 3.05) is 4.90 Å². The first-order chi connectivity index (χ1) is 10.5. The molecule has 2 fully saturated rings. The van der Waals surface area contributed by atoms with Crippen LogP contribution in [0.4, 0.5) is 5.69 Å². The van der Waals surface area contributed by atoms with E-state index in [1.165, 1.54) is 11.8 Å². The average Bonchev–Trinajstić information content (AvgIpc) is 2.71. The van der Waals surface area contributed by atoms with Crippen LogP contribution >= 0.6 is 0 Å². The number of carbonyl (C=O) groups excluding carboxylic acids is 3. The minimum Gasteiger partial charge on any atom is -0.427 e. The van der Waals surface area contributed by atoms with Crippen LogP contribution in [0.3, 0.4) is 0 Å². The van der Waals surface area contributed by atoms with Gasteiger partial charge in [0.05, 0.1) is 17.5 Å². The number of amides is 2. The Kier molecular flexibility index (Phi) is 3.72. The van der Waals surface area contributed by atoms with Gasteiger partial charge in [0.2, 0.25) is 11.8 Å². The summed E-state index contributed by atoms with van der Waals surface area (Å²) in [7, 11) is 0. The molecule has 3 rings (SSSR count). The SMILES string of the molecule is CC(=O)Oc1ccc(N2C(=O)[C@H]3CC[C@H](C)C[C@H]3C2=O)cc1. The van der Waals surface area contributed by atoms with Gasteiger partial charge in [0.1, 0.15) is 5.75 Å². The van der Waals surface area contributed by atoms with Crippen molar-refractivity contribution in [1.82, 2.24) is 0 Å². The Balaban J connectivity index is 1.83. The molecule has 1 saturated carbocycles. The Hall–Kier alpha value is -2.17. The van der Waals surface area contributed by atoms with Crippen LogP contribution in [0.2, 0.25) is 0 Å². The molecule has 2 amide bonds. The number of anilines is 1. The third kappa shape index (κ3) is 2.51. The van der Waals surface area contributed by atoms with Gasteiger partial charge >= 0.3 is 5.97 Å². The fourth-order valence-electron chi connectivity index (χ4n) is 3.47. The van der Waals surface area contributed by atoms with Crippen molar-refractivity contribution in [3.63, 3.8) is 0 Å². The Morgan fingerprint density at radius 2 is 1.73 bits per heavy atom. The first kappa shape index (κ1) is 14.8. The summed E-state index contributed by atoms with van der Waals surface area (Å²) in [5, 5.41) is 0. The van der Waals surface area contributed by atoms with Gasteiger partial charge in [0, 0.05) is 6.92 Å². The summed E-state index contributed by atoms with van der Waals surface area (Å²) >= 11 is 0. The number of ether oxygens (including phenoxy) is 1. The standard InChI is InChI=1S/C17H19NO4/c1-10-3-8-14-15(9-10)17(21)18(16(14)20)12-4-6-13(7-5-12)22-11(2)19/h4-7,10,14-15H,3,8-9H2,1-2H3/t10-,14-,15+/m0/s1. The Morgan fingerprint density at radius 3 is 2.36 bits per heavy atom. The number of nitrogens with zero attached hydrogens (tertiary/aromatic N) is 1. The summed E-state index contributed by atoms with van der Waals surface area (Å²) in [4.78, 5) is 37.3. The van der Waals surface area contributed by atoms with Crippen molar-refractivity contribution in [2.45, 2.75) is 33.1 Å². The van der Waals surface area contributed by atoms with Crippen molar-refractivity contribution in [3.8, 4) is 5.75 Å². The van der Waals surface area contributed by atoms with Crippen LogP contribution in [0.15, 0.2) is 24.3 Å². The second-order valence-electron chi connectivity index (χ2n) is 6.23. The lowest BCUT2D eigenvalue weighted by atomic mass is 9.76. The fraction of sp³-hybridized carbons (Fsp3) is 0.471. The van der Waals surface area contributed by atoms with E-state index in [0.29, 0.717) is 17.4 Å². The summed E-state index contributed by atoms with van der Waals surface area (Å²) in [5.41, 5.74) is 0.549. The lowest BCUT2D eigenvalue weighted by Gasteiger charge is -2.25. The Bertz CT molecular complexity index is 622. The van der Waals surface area contributed by atoms with E-state index in [1.54, 1.807) is 24.3 Å². The fourth-order valence-corrected chi connectivity index (χ4v) is 3.47. The Morgan fingerprint density at radius 1 is 1.09 bits per heavy atom. The zero-order valence-corrected chi connectivity index (χ0v) is 12.7. The molecule has 3 atom stereocenters. The highest BCUT2D eigenvalue weighted by atomic mass is 16.5. The number of carbonyl (C=O) groups is 3. The first-order valence-electron chi connectivity index (χ1n) is 7.63. The molecule has 2 aliphatic rings. The number of benzene rings is 1. The summed E-state index contributed by atoms with van der Waals surface area (Å²) in [5.74, 6) is -0.0445. The van der Waals surface area contributed by atoms with Crippen molar-refractivity contribution < 1.29 is 19.1 Å². The van der Waals surface area contributed by atoms with Crippen molar-refractivity contribution >= 4 is 23.5 Å². The maximum Gasteiger partial charge on any atom is 0.308 e. The molecular weight excluding hydrogens is 282 g/mol. The van der Waals surface area contributed by atoms with Crippen molar-refractivity contribution in [3.05, 3.63) is 24.3 Å². The molecule has 1 aromatic carbocycles. The molecule has 5 heteroatoms. The molecule has 0 radical (unpaired) electrons. The van der Waals surface area contributed by atoms with Crippen LogP contribution < -0.4 is 9.64 Å². The second kappa shape index (κ2) is 5.55. The minimum atomic E-state index is -0.402. The maximum absolute atomic E-state index is 12.6. The third-order valence-electron chi connectivity index (χ3n) is 4.54. The van der Waals surface area contributed by atoms with Crippen molar-refractivity contribution in [2.24, 2.45) is 17.8 Å². The van der Waals surface area contributed by atoms with Gasteiger partial charge in [-0.25, -0.2) is 0 Å². The van der Waals surface area contributed by atoms with Crippen LogP contribution in [0.1, 0.15) is 33.1 Å². The van der Waals surface area contributed by atoms with Crippen LogP contribution in [0.25, 0.3) is 0 Å². The molecule has 1 aliphatic carbocycles. The minimum absolute atomic E-state index is 0.0952. The molecule has 5 nitrogen and oxygen atoms in total. The molecule has 1 aliphatic heterocycles. The molecular formula is C17H19NO4. The van der Waals surface area contributed by atoms with Gasteiger partial charge in [-0.05, 0) is 49.4 Å². The predicted octanol–water partition coefficient (Wildman–Crippen LogP) is 2.54. The van der Waals surface area contributed by atoms with Gasteiger partial charge in [0.15, 0.2) is 0 Å². The highest BCUT2D eigenvalue weighted by molar-refractivity contribution is 6.22. The second-order valence-corrected chi connectivity index (χ2v) is 6.23. The summed E-state index contributed by atoms with van der Waals surface area (Å²) in [6, 6.07) is 6.49. The van der Waals surface area contributed by atoms with E-state index in [2.05, 4.69) is 6.92 Å². The zero-order chi connectivity index (χ0) is 15.9. The highest BCUT2D eigenvalue weighted by Crippen LogP contribution is 2.42. The molecule has 0 bridgehead atoms. The van der Waals surface area contributed by atoms with E-state index in [-0.39, 0.29) is 23.7 Å². The third-order valence-corrected chi connectivity index (χ3v) is 4.54. The number of imide groups is 1. The van der Waals surface area contributed by atoms with Gasteiger partial charge < -0.3 is 4.74 Å². The van der Waals surface area contributed by atoms with Crippen LogP contribution in [-0.4, -0.2) is 17.8 Å². The van der Waals surface area contributed by atoms with Crippen LogP contribution in [0, 0.1) is 17.8 Å². The topological polar surface area (TPSA) is 63.7 Å². The van der Waals surface area contributed by atoms with E-state index >= 15 is 0 Å². The Labute approximate surface area is 129 Å². The summed E-state index contributed by atoms with van der Waals surface area (Å²) < 4.78 is 4.97. The average molecular weight is 301 g/mol. The number of hydrogen-bond acceptors (Lipinski definition) is 4. The number of rotatable bonds is 2. The van der Waals surface area contributed by atoms with E-state index in [1.807, 2.05) is 0 Å². The number of hydrogen-bond donors (Lipinski definition) is 0. The van der Waals surface area contributed by atoms with E-state index < -0.39 is 5.97 Å². The summed E-state index contributed by atoms with van der Waals surface area (Å²) in [6.07, 6.45) is 2.58. The molecule has 1 heterocycles. The monoisotopic (exact) mass is 301 g/mol. The van der Waals surface area contributed by atoms with E-state index in [4.69, 9.17) is 4.74 Å². The molecule has 22 heavy (non-hydrogen) atoms. The molecule has 0 unspecified atom stereocenters. The maximum atomic E-state index is 12.6. The normalized spacial score (nSPS) is 27.7. The highest BCUT2D eigenvalue weighted by Gasteiger charge is 2.49. The largest absolute Gasteiger partial charge is 0.427 e. The lowest BCUT2D eigenvalue weighted by molar-refractivity contribution is -0.132. The van der Waals surface area contributed by atoms with E-state index in [0.717, 1.165) is 19.3 Å². The quantitative estimate of drug-likeness (QED) is 0.478. The number of esters is 1. The lowest BCUT2D eigenvalue weighted by Crippen LogP contribution is -2.30. The summed E-state index contributed by atoms with van der Waals surface area (Å²) in [6.45, 7) is 3.46. The molecule has 1 aromatic rings. The van der Waals surface area contributed by atoms with E-state index in [9.17, 15) is 14.4 Å². The van der Waals surface area contributed by atoms with Crippen LogP contribution in [-0.2, 0) is 14.4 Å². The first-order valence-corrected chi connectivity index (χ1v) is 7.63. The molecule has 0 spiro atoms. The smallest absolute Gasteiger partial charge is 0.308 e. The van der Waals surface area contributed by atoms with Crippen molar-refractivity contribution in [1.29, 1.82) is 0 Å². The van der Waals surface area contributed by atoms with Gasteiger partial charge in [-0.1, -0.05) is 6.92 Å². The molecule has 0 aromatic heterocycles. The van der Waals surface area contributed by atoms with Gasteiger partial charge in [-0.15, -0.1) is 0 Å².